The molecule has 8 heteroatoms. The first-order chi connectivity index (χ1) is 11.0. The number of nitrogens with one attached hydrogen (secondary N) is 1. The van der Waals surface area contributed by atoms with E-state index in [1.165, 1.54) is 0 Å². The summed E-state index contributed by atoms with van der Waals surface area (Å²) in [6.07, 6.45) is 1.62. The summed E-state index contributed by atoms with van der Waals surface area (Å²) in [5.74, 6) is 1.37. The third-order valence-electron chi connectivity index (χ3n) is 3.39. The molecule has 124 valence electrons. The van der Waals surface area contributed by atoms with Gasteiger partial charge in [0, 0.05) is 20.2 Å². The fourth-order valence-corrected chi connectivity index (χ4v) is 2.42. The summed E-state index contributed by atoms with van der Waals surface area (Å²) >= 11 is 11.6. The number of thiocarbonyl (C=S) groups is 1. The highest BCUT2D eigenvalue weighted by molar-refractivity contribution is 7.80. The molecule has 0 aliphatic rings. The Kier molecular flexibility index (Phi) is 5.68. The van der Waals surface area contributed by atoms with Crippen LogP contribution >= 0.6 is 23.8 Å². The first-order valence-corrected chi connectivity index (χ1v) is 7.65. The molecule has 23 heavy (non-hydrogen) atoms. The van der Waals surface area contributed by atoms with Crippen molar-refractivity contribution in [2.75, 3.05) is 26.6 Å². The molecule has 0 radical (unpaired) electrons. The minimum Gasteiger partial charge on any atom is -0.497 e. The van der Waals surface area contributed by atoms with Gasteiger partial charge in [-0.05, 0) is 24.4 Å². The van der Waals surface area contributed by atoms with E-state index in [2.05, 4.69) is 10.4 Å². The molecule has 1 aromatic carbocycles. The molecule has 0 unspecified atom stereocenters. The van der Waals surface area contributed by atoms with Crippen LogP contribution in [0.15, 0.2) is 24.4 Å². The second-order valence-corrected chi connectivity index (χ2v) is 5.71. The van der Waals surface area contributed by atoms with E-state index in [4.69, 9.17) is 33.3 Å². The maximum Gasteiger partial charge on any atom is 0.173 e. The van der Waals surface area contributed by atoms with Crippen LogP contribution in [0.5, 0.6) is 11.5 Å². The van der Waals surface area contributed by atoms with Crippen molar-refractivity contribution in [1.29, 1.82) is 0 Å². The van der Waals surface area contributed by atoms with E-state index in [1.807, 2.05) is 31.1 Å². The molecule has 2 rings (SSSR count). The summed E-state index contributed by atoms with van der Waals surface area (Å²) in [5, 5.41) is 8.45. The van der Waals surface area contributed by atoms with Gasteiger partial charge in [0.2, 0.25) is 0 Å². The Labute approximate surface area is 145 Å². The van der Waals surface area contributed by atoms with Crippen molar-refractivity contribution >= 4 is 34.6 Å². The zero-order chi connectivity index (χ0) is 17.0. The van der Waals surface area contributed by atoms with Crippen LogP contribution in [0.4, 0.5) is 5.69 Å². The van der Waals surface area contributed by atoms with Crippen molar-refractivity contribution in [3.05, 3.63) is 35.1 Å². The van der Waals surface area contributed by atoms with E-state index in [0.29, 0.717) is 28.2 Å². The quantitative estimate of drug-likeness (QED) is 0.833. The molecule has 0 fully saturated rings. The molecule has 1 heterocycles. The first kappa shape index (κ1) is 17.4. The second-order valence-electron chi connectivity index (χ2n) is 4.92. The van der Waals surface area contributed by atoms with Crippen LogP contribution in [0.2, 0.25) is 5.02 Å². The van der Waals surface area contributed by atoms with Gasteiger partial charge in [0.15, 0.2) is 5.11 Å². The number of benzene rings is 1. The molecule has 2 aromatic rings. The molecule has 0 bridgehead atoms. The SMILES string of the molecule is COc1ccc(NC(=S)N(C)Cc2c(Cl)cnn2C)c(OC)c1. The van der Waals surface area contributed by atoms with E-state index in [-0.39, 0.29) is 0 Å². The Morgan fingerprint density at radius 1 is 1.39 bits per heavy atom. The minimum atomic E-state index is 0.541. The standard InChI is InChI=1S/C15H19ClN4O2S/c1-19(9-13-11(16)8-17-20(13)2)15(23)18-12-6-5-10(21-3)7-14(12)22-4/h5-8H,9H2,1-4H3,(H,18,23). The molecular formula is C15H19ClN4O2S. The van der Waals surface area contributed by atoms with E-state index in [1.54, 1.807) is 31.2 Å². The van der Waals surface area contributed by atoms with Gasteiger partial charge in [0.05, 0.1) is 43.4 Å². The van der Waals surface area contributed by atoms with Crippen LogP contribution in [0.1, 0.15) is 5.69 Å². The molecule has 0 saturated carbocycles. The molecule has 0 aliphatic carbocycles. The van der Waals surface area contributed by atoms with E-state index >= 15 is 0 Å². The lowest BCUT2D eigenvalue weighted by atomic mass is 10.2. The fourth-order valence-electron chi connectivity index (χ4n) is 2.02. The number of rotatable bonds is 5. The van der Waals surface area contributed by atoms with Crippen molar-refractivity contribution in [2.24, 2.45) is 7.05 Å². The molecule has 0 saturated heterocycles. The summed E-state index contributed by atoms with van der Waals surface area (Å²) in [7, 11) is 6.94. The van der Waals surface area contributed by atoms with Crippen molar-refractivity contribution in [3.8, 4) is 11.5 Å². The summed E-state index contributed by atoms with van der Waals surface area (Å²) < 4.78 is 12.3. The van der Waals surface area contributed by atoms with Crippen molar-refractivity contribution in [3.63, 3.8) is 0 Å². The van der Waals surface area contributed by atoms with Crippen LogP contribution in [0.25, 0.3) is 0 Å². The van der Waals surface area contributed by atoms with Gasteiger partial charge in [-0.2, -0.15) is 5.10 Å². The molecule has 1 N–H and O–H groups in total. The number of methoxy groups -OCH3 is 2. The average Bonchev–Trinajstić information content (AvgIpc) is 2.86. The summed E-state index contributed by atoms with van der Waals surface area (Å²) in [5.41, 5.74) is 1.65. The second kappa shape index (κ2) is 7.52. The Hall–Kier alpha value is -1.99. The number of hydrogen-bond donors (Lipinski definition) is 1. The Bertz CT molecular complexity index is 685. The van der Waals surface area contributed by atoms with Crippen LogP contribution < -0.4 is 14.8 Å². The number of hydrogen-bond acceptors (Lipinski definition) is 4. The van der Waals surface area contributed by atoms with Crippen LogP contribution in [-0.4, -0.2) is 41.1 Å². The number of aryl methyl sites for hydroxylation is 1. The van der Waals surface area contributed by atoms with Crippen molar-refractivity contribution < 1.29 is 9.47 Å². The number of ether oxygens (including phenoxy) is 2. The molecule has 6 nitrogen and oxygen atoms in total. The molecular weight excluding hydrogens is 336 g/mol. The summed E-state index contributed by atoms with van der Waals surface area (Å²) in [6, 6.07) is 5.49. The van der Waals surface area contributed by atoms with E-state index < -0.39 is 0 Å². The molecule has 1 aromatic heterocycles. The third kappa shape index (κ3) is 4.05. The fraction of sp³-hybridized carbons (Fsp3) is 0.333. The van der Waals surface area contributed by atoms with Crippen LogP contribution in [-0.2, 0) is 13.6 Å². The summed E-state index contributed by atoms with van der Waals surface area (Å²) in [4.78, 5) is 1.88. The zero-order valence-corrected chi connectivity index (χ0v) is 15.0. The van der Waals surface area contributed by atoms with E-state index in [0.717, 1.165) is 11.4 Å². The molecule has 0 aliphatic heterocycles. The van der Waals surface area contributed by atoms with Crippen molar-refractivity contribution in [1.82, 2.24) is 14.7 Å². The first-order valence-electron chi connectivity index (χ1n) is 6.86. The predicted octanol–water partition coefficient (Wildman–Crippen LogP) is 2.92. The predicted molar refractivity (Wildman–Crippen MR) is 95.5 cm³/mol. The van der Waals surface area contributed by atoms with Crippen LogP contribution in [0, 0.1) is 0 Å². The van der Waals surface area contributed by atoms with Gasteiger partial charge in [0.25, 0.3) is 0 Å². The Balaban J connectivity index is 2.09. The lowest BCUT2D eigenvalue weighted by molar-refractivity contribution is 0.395. The van der Waals surface area contributed by atoms with Crippen LogP contribution in [0.3, 0.4) is 0 Å². The van der Waals surface area contributed by atoms with Gasteiger partial charge in [0.1, 0.15) is 11.5 Å². The van der Waals surface area contributed by atoms with E-state index in [9.17, 15) is 0 Å². The lowest BCUT2D eigenvalue weighted by Crippen LogP contribution is -2.31. The van der Waals surface area contributed by atoms with Gasteiger partial charge < -0.3 is 19.7 Å². The minimum absolute atomic E-state index is 0.541. The monoisotopic (exact) mass is 354 g/mol. The van der Waals surface area contributed by atoms with Gasteiger partial charge >= 0.3 is 0 Å². The highest BCUT2D eigenvalue weighted by Gasteiger charge is 2.13. The highest BCUT2D eigenvalue weighted by atomic mass is 35.5. The number of aromatic nitrogens is 2. The zero-order valence-electron chi connectivity index (χ0n) is 13.5. The third-order valence-corrected chi connectivity index (χ3v) is 4.12. The lowest BCUT2D eigenvalue weighted by Gasteiger charge is -2.22. The molecule has 0 spiro atoms. The van der Waals surface area contributed by atoms with Gasteiger partial charge in [-0.1, -0.05) is 11.6 Å². The molecule has 0 atom stereocenters. The maximum absolute atomic E-state index is 6.13. The average molecular weight is 355 g/mol. The number of nitrogens with zero attached hydrogens (tertiary/aromatic N) is 3. The largest absolute Gasteiger partial charge is 0.497 e. The van der Waals surface area contributed by atoms with Gasteiger partial charge in [-0.15, -0.1) is 0 Å². The normalized spacial score (nSPS) is 10.3. The number of halogens is 1. The maximum atomic E-state index is 6.13. The molecule has 0 amide bonds. The Morgan fingerprint density at radius 2 is 2.13 bits per heavy atom. The number of anilines is 1. The topological polar surface area (TPSA) is 51.5 Å². The van der Waals surface area contributed by atoms with Gasteiger partial charge in [-0.3, -0.25) is 4.68 Å². The van der Waals surface area contributed by atoms with Gasteiger partial charge in [-0.25, -0.2) is 0 Å². The Morgan fingerprint density at radius 3 is 2.70 bits per heavy atom. The summed E-state index contributed by atoms with van der Waals surface area (Å²) in [6.45, 7) is 0.541. The van der Waals surface area contributed by atoms with Crippen molar-refractivity contribution in [2.45, 2.75) is 6.54 Å². The highest BCUT2D eigenvalue weighted by Crippen LogP contribution is 2.29. The smallest absolute Gasteiger partial charge is 0.173 e.